The maximum atomic E-state index is 13.4. The SMILES string of the molecule is CN(C(=O)[C@H](Cc1ccccc1)NC(=O)COc1cccc(Cl)c1)N(C#N)Cc1ccc(Cl)cc1. The Hall–Kier alpha value is -3.73. The molecule has 7 nitrogen and oxygen atoms in total. The summed E-state index contributed by atoms with van der Waals surface area (Å²) in [7, 11) is 1.49. The summed E-state index contributed by atoms with van der Waals surface area (Å²) in [5.41, 5.74) is 1.66. The number of likely N-dealkylation sites (N-methyl/N-ethyl adjacent to an activating group) is 1. The largest absolute Gasteiger partial charge is 0.484 e. The molecule has 0 aliphatic carbocycles. The van der Waals surface area contributed by atoms with Crippen LogP contribution in [0.25, 0.3) is 0 Å². The van der Waals surface area contributed by atoms with Crippen LogP contribution >= 0.6 is 23.2 Å². The Morgan fingerprint density at radius 3 is 2.34 bits per heavy atom. The number of hydrazine groups is 1. The molecule has 35 heavy (non-hydrogen) atoms. The number of benzene rings is 3. The molecule has 0 aromatic heterocycles. The number of amides is 2. The van der Waals surface area contributed by atoms with Crippen molar-refractivity contribution >= 4 is 35.0 Å². The van der Waals surface area contributed by atoms with E-state index >= 15 is 0 Å². The Morgan fingerprint density at radius 2 is 1.69 bits per heavy atom. The minimum atomic E-state index is -0.918. The van der Waals surface area contributed by atoms with E-state index < -0.39 is 17.9 Å². The van der Waals surface area contributed by atoms with E-state index in [1.165, 1.54) is 17.1 Å². The quantitative estimate of drug-likeness (QED) is 0.247. The number of nitrogens with one attached hydrogen (secondary N) is 1. The molecule has 1 N–H and O–H groups in total. The van der Waals surface area contributed by atoms with Gasteiger partial charge < -0.3 is 10.1 Å². The van der Waals surface area contributed by atoms with Crippen LogP contribution in [0.2, 0.25) is 10.0 Å². The molecule has 0 saturated carbocycles. The third-order valence-electron chi connectivity index (χ3n) is 5.12. The molecule has 3 rings (SSSR count). The molecule has 0 spiro atoms. The Morgan fingerprint density at radius 1 is 0.971 bits per heavy atom. The highest BCUT2D eigenvalue weighted by Crippen LogP contribution is 2.17. The lowest BCUT2D eigenvalue weighted by molar-refractivity contribution is -0.146. The van der Waals surface area contributed by atoms with Crippen LogP contribution in [0.3, 0.4) is 0 Å². The number of carbonyl (C=O) groups is 2. The van der Waals surface area contributed by atoms with Gasteiger partial charge in [-0.3, -0.25) is 9.59 Å². The predicted molar refractivity (Wildman–Crippen MR) is 134 cm³/mol. The van der Waals surface area contributed by atoms with Gasteiger partial charge in [-0.2, -0.15) is 5.26 Å². The van der Waals surface area contributed by atoms with Gasteiger partial charge in [0.15, 0.2) is 12.8 Å². The fraction of sp³-hybridized carbons (Fsp3) is 0.192. The van der Waals surface area contributed by atoms with Crippen LogP contribution in [0.15, 0.2) is 78.9 Å². The van der Waals surface area contributed by atoms with Crippen LogP contribution in [0.1, 0.15) is 11.1 Å². The molecule has 9 heteroatoms. The van der Waals surface area contributed by atoms with E-state index in [1.807, 2.05) is 36.5 Å². The molecule has 0 bridgehead atoms. The number of rotatable bonds is 10. The van der Waals surface area contributed by atoms with Crippen LogP contribution in [-0.2, 0) is 22.6 Å². The van der Waals surface area contributed by atoms with Crippen molar-refractivity contribution < 1.29 is 14.3 Å². The number of carbonyl (C=O) groups excluding carboxylic acids is 2. The van der Waals surface area contributed by atoms with Crippen LogP contribution in [0.5, 0.6) is 5.75 Å². The number of hydrogen-bond donors (Lipinski definition) is 1. The van der Waals surface area contributed by atoms with Crippen LogP contribution in [-0.4, -0.2) is 41.5 Å². The second-order valence-corrected chi connectivity index (χ2v) is 8.57. The van der Waals surface area contributed by atoms with Crippen molar-refractivity contribution in [1.82, 2.24) is 15.3 Å². The van der Waals surface area contributed by atoms with Gasteiger partial charge in [0.25, 0.3) is 11.8 Å². The smallest absolute Gasteiger partial charge is 0.264 e. The van der Waals surface area contributed by atoms with Gasteiger partial charge >= 0.3 is 0 Å². The standard InChI is InChI=1S/C26H24Cl2N4O3/c1-31(32(18-29)16-20-10-12-21(27)13-11-20)26(34)24(14-19-6-3-2-4-7-19)30-25(33)17-35-23-9-5-8-22(28)15-23/h2-13,15,24H,14,16-17H2,1H3,(H,30,33)/t24-/m0/s1. The second kappa shape index (κ2) is 12.7. The summed E-state index contributed by atoms with van der Waals surface area (Å²) in [6.07, 6.45) is 2.27. The van der Waals surface area contributed by atoms with Gasteiger partial charge in [-0.15, -0.1) is 0 Å². The number of ether oxygens (including phenoxy) is 1. The normalized spacial score (nSPS) is 11.1. The maximum Gasteiger partial charge on any atom is 0.264 e. The van der Waals surface area contributed by atoms with E-state index in [1.54, 1.807) is 48.5 Å². The zero-order chi connectivity index (χ0) is 25.2. The molecule has 3 aromatic carbocycles. The molecule has 0 aliphatic heterocycles. The number of halogens is 2. The molecule has 0 radical (unpaired) electrons. The second-order valence-electron chi connectivity index (χ2n) is 7.70. The minimum Gasteiger partial charge on any atom is -0.484 e. The van der Waals surface area contributed by atoms with Gasteiger partial charge in [0.1, 0.15) is 11.8 Å². The summed E-state index contributed by atoms with van der Waals surface area (Å²) in [4.78, 5) is 26.0. The molecule has 0 aliphatic rings. The number of hydrogen-bond acceptors (Lipinski definition) is 5. The Labute approximate surface area is 214 Å². The first-order valence-electron chi connectivity index (χ1n) is 10.8. The first kappa shape index (κ1) is 25.9. The summed E-state index contributed by atoms with van der Waals surface area (Å²) < 4.78 is 5.50. The molecular weight excluding hydrogens is 487 g/mol. The summed E-state index contributed by atoms with van der Waals surface area (Å²) in [6, 6.07) is 22.1. The average molecular weight is 511 g/mol. The number of nitriles is 1. The van der Waals surface area contributed by atoms with Gasteiger partial charge in [0, 0.05) is 23.5 Å². The Balaban J connectivity index is 1.71. The van der Waals surface area contributed by atoms with Crippen LogP contribution in [0.4, 0.5) is 0 Å². The molecule has 0 fully saturated rings. The fourth-order valence-electron chi connectivity index (χ4n) is 3.31. The van der Waals surface area contributed by atoms with E-state index in [4.69, 9.17) is 27.9 Å². The van der Waals surface area contributed by atoms with E-state index in [9.17, 15) is 14.9 Å². The van der Waals surface area contributed by atoms with Crippen molar-refractivity contribution in [1.29, 1.82) is 5.26 Å². The van der Waals surface area contributed by atoms with E-state index in [0.717, 1.165) is 11.1 Å². The van der Waals surface area contributed by atoms with Crippen molar-refractivity contribution in [3.8, 4) is 11.9 Å². The zero-order valence-corrected chi connectivity index (χ0v) is 20.5. The van der Waals surface area contributed by atoms with Gasteiger partial charge in [-0.1, -0.05) is 71.7 Å². The lowest BCUT2D eigenvalue weighted by Gasteiger charge is -2.30. The lowest BCUT2D eigenvalue weighted by Crippen LogP contribution is -2.53. The van der Waals surface area contributed by atoms with E-state index in [-0.39, 0.29) is 19.6 Å². The topological polar surface area (TPSA) is 85.7 Å². The minimum absolute atomic E-state index is 0.166. The van der Waals surface area contributed by atoms with E-state index in [2.05, 4.69) is 5.32 Å². The average Bonchev–Trinajstić information content (AvgIpc) is 2.86. The van der Waals surface area contributed by atoms with E-state index in [0.29, 0.717) is 15.8 Å². The zero-order valence-electron chi connectivity index (χ0n) is 19.0. The molecule has 0 heterocycles. The monoisotopic (exact) mass is 510 g/mol. The molecule has 3 aromatic rings. The summed E-state index contributed by atoms with van der Waals surface area (Å²) in [6.45, 7) is -0.130. The van der Waals surface area contributed by atoms with Gasteiger partial charge in [-0.05, 0) is 41.5 Å². The molecule has 1 atom stereocenters. The summed E-state index contributed by atoms with van der Waals surface area (Å²) >= 11 is 11.9. The fourth-order valence-corrected chi connectivity index (χ4v) is 3.61. The first-order chi connectivity index (χ1) is 16.9. The summed E-state index contributed by atoms with van der Waals surface area (Å²) in [5.74, 6) is -0.483. The van der Waals surface area contributed by atoms with Gasteiger partial charge in [0.2, 0.25) is 0 Å². The summed E-state index contributed by atoms with van der Waals surface area (Å²) in [5, 5.41) is 15.9. The maximum absolute atomic E-state index is 13.4. The lowest BCUT2D eigenvalue weighted by atomic mass is 10.1. The highest BCUT2D eigenvalue weighted by Gasteiger charge is 2.28. The van der Waals surface area contributed by atoms with Crippen LogP contribution in [0, 0.1) is 11.5 Å². The Kier molecular flexibility index (Phi) is 9.36. The van der Waals surface area contributed by atoms with Crippen molar-refractivity contribution in [3.63, 3.8) is 0 Å². The van der Waals surface area contributed by atoms with Gasteiger partial charge in [0.05, 0.1) is 6.54 Å². The van der Waals surface area contributed by atoms with Crippen molar-refractivity contribution in [3.05, 3.63) is 100 Å². The van der Waals surface area contributed by atoms with Crippen molar-refractivity contribution in [2.75, 3.05) is 13.7 Å². The predicted octanol–water partition coefficient (Wildman–Crippen LogP) is 4.46. The van der Waals surface area contributed by atoms with Crippen molar-refractivity contribution in [2.45, 2.75) is 19.0 Å². The molecular formula is C26H24Cl2N4O3. The molecule has 180 valence electrons. The first-order valence-corrected chi connectivity index (χ1v) is 11.5. The highest BCUT2D eigenvalue weighted by molar-refractivity contribution is 6.30. The van der Waals surface area contributed by atoms with Crippen molar-refractivity contribution in [2.24, 2.45) is 0 Å². The third-order valence-corrected chi connectivity index (χ3v) is 5.61. The van der Waals surface area contributed by atoms with Crippen LogP contribution < -0.4 is 10.1 Å². The molecule has 2 amide bonds. The van der Waals surface area contributed by atoms with Gasteiger partial charge in [-0.25, -0.2) is 10.0 Å². The third kappa shape index (κ3) is 7.92. The Bertz CT molecular complexity index is 1180. The molecule has 0 saturated heterocycles. The highest BCUT2D eigenvalue weighted by atomic mass is 35.5. The number of nitrogens with zero attached hydrogens (tertiary/aromatic N) is 3. The molecule has 0 unspecified atom stereocenters.